The molecule has 0 atom stereocenters. The quantitative estimate of drug-likeness (QED) is 0.156. The largest absolute Gasteiger partial charge is 0.493 e. The molecule has 208 valence electrons. The van der Waals surface area contributed by atoms with Gasteiger partial charge in [-0.25, -0.2) is 0 Å². The van der Waals surface area contributed by atoms with Gasteiger partial charge in [0.05, 0.1) is 31.7 Å². The molecule has 4 rings (SSSR count). The summed E-state index contributed by atoms with van der Waals surface area (Å²) in [5, 5.41) is 3.38. The van der Waals surface area contributed by atoms with Gasteiger partial charge in [0, 0.05) is 23.9 Å². The highest BCUT2D eigenvalue weighted by Crippen LogP contribution is 2.50. The van der Waals surface area contributed by atoms with Gasteiger partial charge < -0.3 is 24.0 Å². The van der Waals surface area contributed by atoms with Crippen LogP contribution in [0.2, 0.25) is 5.02 Å². The minimum absolute atomic E-state index is 0.0859. The Kier molecular flexibility index (Phi) is 9.94. The van der Waals surface area contributed by atoms with Crippen molar-refractivity contribution in [3.63, 3.8) is 0 Å². The number of nitrogens with zero attached hydrogens (tertiary/aromatic N) is 2. The highest BCUT2D eigenvalue weighted by atomic mass is 35.5. The second-order valence-electron chi connectivity index (χ2n) is 9.41. The van der Waals surface area contributed by atoms with E-state index in [4.69, 9.17) is 25.8 Å². The Bertz CT molecular complexity index is 1430. The van der Waals surface area contributed by atoms with E-state index >= 15 is 0 Å². The summed E-state index contributed by atoms with van der Waals surface area (Å²) >= 11 is 8.26. The van der Waals surface area contributed by atoms with Crippen molar-refractivity contribution in [1.82, 2.24) is 9.80 Å². The molecule has 0 bridgehead atoms. The molecule has 0 aliphatic heterocycles. The van der Waals surface area contributed by atoms with Gasteiger partial charge in [0.15, 0.2) is 11.5 Å². The van der Waals surface area contributed by atoms with Crippen LogP contribution in [0.5, 0.6) is 17.2 Å². The first-order chi connectivity index (χ1) is 18.9. The molecule has 3 aromatic carbocycles. The fraction of sp³-hybridized carbons (Fsp3) is 0.387. The molecule has 0 N–H and O–H groups in total. The number of halogens is 1. The number of unbranched alkanes of at least 4 members (excludes halogenated alkanes) is 1. The topological polar surface area (TPSA) is 51.2 Å². The van der Waals surface area contributed by atoms with Crippen LogP contribution < -0.4 is 14.2 Å². The predicted molar refractivity (Wildman–Crippen MR) is 162 cm³/mol. The van der Waals surface area contributed by atoms with Crippen LogP contribution in [0.1, 0.15) is 41.9 Å². The van der Waals surface area contributed by atoms with E-state index in [1.165, 1.54) is 16.7 Å². The number of carbonyl (C=O) groups is 1. The number of ether oxygens (including phenoxy) is 3. The van der Waals surface area contributed by atoms with Gasteiger partial charge in [-0.05, 0) is 54.9 Å². The Morgan fingerprint density at radius 1 is 0.872 bits per heavy atom. The molecular weight excluding hydrogens is 532 g/mol. The lowest BCUT2D eigenvalue weighted by Gasteiger charge is -2.24. The van der Waals surface area contributed by atoms with E-state index in [2.05, 4.69) is 49.1 Å². The zero-order chi connectivity index (χ0) is 27.9. The number of fused-ring (bicyclic) bond motifs is 2. The minimum Gasteiger partial charge on any atom is -0.493 e. The summed E-state index contributed by atoms with van der Waals surface area (Å²) in [5.74, 6) is 1.36. The van der Waals surface area contributed by atoms with E-state index in [9.17, 15) is 4.79 Å². The van der Waals surface area contributed by atoms with E-state index in [0.29, 0.717) is 45.6 Å². The fourth-order valence-corrected chi connectivity index (χ4v) is 6.49. The molecule has 0 spiro atoms. The molecule has 8 heteroatoms. The van der Waals surface area contributed by atoms with Gasteiger partial charge in [0.1, 0.15) is 4.88 Å². The van der Waals surface area contributed by atoms with Crippen LogP contribution >= 0.6 is 22.9 Å². The third-order valence-corrected chi connectivity index (χ3v) is 8.76. The summed E-state index contributed by atoms with van der Waals surface area (Å²) in [6, 6.07) is 16.5. The number of thiophene rings is 1. The molecule has 1 aromatic heterocycles. The molecule has 6 nitrogen and oxygen atoms in total. The summed E-state index contributed by atoms with van der Waals surface area (Å²) in [7, 11) is 4.70. The first kappa shape index (κ1) is 29.0. The number of rotatable bonds is 13. The molecule has 0 aliphatic rings. The van der Waals surface area contributed by atoms with Crippen LogP contribution in [0.25, 0.3) is 20.9 Å². The van der Waals surface area contributed by atoms with Crippen molar-refractivity contribution in [3.05, 3.63) is 64.0 Å². The van der Waals surface area contributed by atoms with Crippen LogP contribution in [0, 0.1) is 0 Å². The van der Waals surface area contributed by atoms with Gasteiger partial charge in [-0.2, -0.15) is 0 Å². The Labute approximate surface area is 240 Å². The Hall–Kier alpha value is -3.00. The Morgan fingerprint density at radius 2 is 1.56 bits per heavy atom. The summed E-state index contributed by atoms with van der Waals surface area (Å²) in [6.45, 7) is 8.59. The second-order valence-corrected chi connectivity index (χ2v) is 10.8. The summed E-state index contributed by atoms with van der Waals surface area (Å²) in [6.07, 6.45) is 1.93. The Balaban J connectivity index is 1.68. The van der Waals surface area contributed by atoms with E-state index in [1.807, 2.05) is 23.1 Å². The lowest BCUT2D eigenvalue weighted by molar-refractivity contribution is 0.0743. The number of benzene rings is 3. The smallest absolute Gasteiger partial charge is 0.265 e. The summed E-state index contributed by atoms with van der Waals surface area (Å²) in [4.78, 5) is 18.9. The van der Waals surface area contributed by atoms with E-state index < -0.39 is 0 Å². The van der Waals surface area contributed by atoms with Crippen molar-refractivity contribution in [2.45, 2.75) is 33.2 Å². The molecule has 0 aliphatic carbocycles. The van der Waals surface area contributed by atoms with Gasteiger partial charge in [-0.1, -0.05) is 61.8 Å². The van der Waals surface area contributed by atoms with Gasteiger partial charge in [0.2, 0.25) is 5.75 Å². The second kappa shape index (κ2) is 13.4. The third kappa shape index (κ3) is 6.26. The van der Waals surface area contributed by atoms with Gasteiger partial charge in [-0.15, -0.1) is 11.3 Å². The molecular formula is C31H37ClN2O4S. The van der Waals surface area contributed by atoms with E-state index in [-0.39, 0.29) is 5.91 Å². The van der Waals surface area contributed by atoms with Crippen molar-refractivity contribution < 1.29 is 19.0 Å². The molecule has 0 saturated carbocycles. The number of amides is 1. The van der Waals surface area contributed by atoms with Crippen molar-refractivity contribution in [3.8, 4) is 17.2 Å². The predicted octanol–water partition coefficient (Wildman–Crippen LogP) is 7.50. The molecule has 1 heterocycles. The maximum absolute atomic E-state index is 14.1. The highest BCUT2D eigenvalue weighted by molar-refractivity contribution is 7.21. The van der Waals surface area contributed by atoms with Crippen LogP contribution in [0.15, 0.2) is 48.5 Å². The molecule has 0 saturated heterocycles. The molecule has 0 radical (unpaired) electrons. The zero-order valence-corrected chi connectivity index (χ0v) is 25.0. The molecule has 0 unspecified atom stereocenters. The van der Waals surface area contributed by atoms with E-state index in [0.717, 1.165) is 48.1 Å². The molecule has 39 heavy (non-hydrogen) atoms. The monoisotopic (exact) mass is 568 g/mol. The Morgan fingerprint density at radius 3 is 2.23 bits per heavy atom. The minimum atomic E-state index is -0.0859. The maximum Gasteiger partial charge on any atom is 0.265 e. The number of carbonyl (C=O) groups excluding carboxylic acids is 1. The lowest BCUT2D eigenvalue weighted by atomic mass is 10.1. The van der Waals surface area contributed by atoms with Crippen molar-refractivity contribution in [2.75, 3.05) is 47.5 Å². The molecule has 1 amide bonds. The average molecular weight is 569 g/mol. The standard InChI is InChI=1S/C31H37ClN2O4S/c1-6-33(7-2)16-10-11-17-34(20-21-14-15-22-12-8-9-13-23(22)18-21)31(35)30-27(32)26-25(39-30)19-24(36-3)28(37-4)29(26)38-5/h8-9,12-15,18-19H,6-7,10-11,16-17,20H2,1-5H3. The third-order valence-electron chi connectivity index (χ3n) is 7.14. The average Bonchev–Trinajstić information content (AvgIpc) is 3.30. The first-order valence-corrected chi connectivity index (χ1v) is 14.5. The SMILES string of the molecule is CCN(CC)CCCCN(Cc1ccc2ccccc2c1)C(=O)c1sc2cc(OC)c(OC)c(OC)c2c1Cl. The van der Waals surface area contributed by atoms with Gasteiger partial charge in [0.25, 0.3) is 5.91 Å². The van der Waals surface area contributed by atoms with Crippen LogP contribution in [-0.2, 0) is 6.54 Å². The van der Waals surface area contributed by atoms with Gasteiger partial charge >= 0.3 is 0 Å². The van der Waals surface area contributed by atoms with Crippen molar-refractivity contribution in [1.29, 1.82) is 0 Å². The van der Waals surface area contributed by atoms with Crippen LogP contribution in [0.3, 0.4) is 0 Å². The van der Waals surface area contributed by atoms with Crippen LogP contribution in [0.4, 0.5) is 0 Å². The first-order valence-electron chi connectivity index (χ1n) is 13.4. The van der Waals surface area contributed by atoms with Crippen molar-refractivity contribution in [2.24, 2.45) is 0 Å². The molecule has 0 fully saturated rings. The fourth-order valence-electron chi connectivity index (χ4n) is 4.96. The lowest BCUT2D eigenvalue weighted by Crippen LogP contribution is -2.32. The number of methoxy groups -OCH3 is 3. The number of hydrogen-bond acceptors (Lipinski definition) is 6. The van der Waals surface area contributed by atoms with E-state index in [1.54, 1.807) is 21.3 Å². The number of hydrogen-bond donors (Lipinski definition) is 0. The van der Waals surface area contributed by atoms with Crippen LogP contribution in [-0.4, -0.2) is 63.2 Å². The zero-order valence-electron chi connectivity index (χ0n) is 23.4. The summed E-state index contributed by atoms with van der Waals surface area (Å²) in [5.41, 5.74) is 1.09. The van der Waals surface area contributed by atoms with Gasteiger partial charge in [-0.3, -0.25) is 4.79 Å². The molecule has 4 aromatic rings. The summed E-state index contributed by atoms with van der Waals surface area (Å²) < 4.78 is 17.6. The highest BCUT2D eigenvalue weighted by Gasteiger charge is 2.27. The normalized spacial score (nSPS) is 11.4. The maximum atomic E-state index is 14.1. The van der Waals surface area contributed by atoms with Crippen molar-refractivity contribution >= 4 is 49.7 Å².